The zero-order chi connectivity index (χ0) is 11.3. The fourth-order valence-corrected chi connectivity index (χ4v) is 1.10. The van der Waals surface area contributed by atoms with Gasteiger partial charge < -0.3 is 9.84 Å². The molecule has 1 aromatic rings. The van der Waals surface area contributed by atoms with Crippen LogP contribution in [0, 0.1) is 11.3 Å². The lowest BCUT2D eigenvalue weighted by atomic mass is 10.1. The van der Waals surface area contributed by atoms with Gasteiger partial charge in [0.25, 0.3) is 0 Å². The molecule has 4 heteroatoms. The monoisotopic (exact) mass is 205 g/mol. The molecule has 0 unspecified atom stereocenters. The van der Waals surface area contributed by atoms with Crippen molar-refractivity contribution in [1.82, 2.24) is 0 Å². The van der Waals surface area contributed by atoms with Gasteiger partial charge in [-0.15, -0.1) is 0 Å². The first-order chi connectivity index (χ1) is 7.19. The molecule has 0 bridgehead atoms. The van der Waals surface area contributed by atoms with E-state index in [4.69, 9.17) is 15.1 Å². The van der Waals surface area contributed by atoms with Crippen molar-refractivity contribution in [3.63, 3.8) is 0 Å². The van der Waals surface area contributed by atoms with Gasteiger partial charge in [-0.2, -0.15) is 5.26 Å². The number of hydrogen-bond donors (Lipinski definition) is 1. The van der Waals surface area contributed by atoms with E-state index >= 15 is 0 Å². The highest BCUT2D eigenvalue weighted by Crippen LogP contribution is 2.20. The molecule has 0 aromatic heterocycles. The Balaban J connectivity index is 3.05. The lowest BCUT2D eigenvalue weighted by Gasteiger charge is -2.07. The summed E-state index contributed by atoms with van der Waals surface area (Å²) in [6.07, 6.45) is 0.805. The lowest BCUT2D eigenvalue weighted by Crippen LogP contribution is -2.04. The summed E-state index contributed by atoms with van der Waals surface area (Å²) in [4.78, 5) is 10.9. The van der Waals surface area contributed by atoms with Crippen LogP contribution in [0.3, 0.4) is 0 Å². The molecule has 0 spiro atoms. The number of ether oxygens (including phenoxy) is 1. The van der Waals surface area contributed by atoms with E-state index in [0.717, 1.165) is 6.42 Å². The normalized spacial score (nSPS) is 9.33. The topological polar surface area (TPSA) is 70.3 Å². The second kappa shape index (κ2) is 5.01. The van der Waals surface area contributed by atoms with Crippen LogP contribution >= 0.6 is 0 Å². The first-order valence-electron chi connectivity index (χ1n) is 4.59. The van der Waals surface area contributed by atoms with Crippen LogP contribution < -0.4 is 4.74 Å². The minimum Gasteiger partial charge on any atom is -0.493 e. The molecule has 4 nitrogen and oxygen atoms in total. The maximum atomic E-state index is 10.9. The molecule has 0 aliphatic heterocycles. The third-order valence-electron chi connectivity index (χ3n) is 1.80. The Morgan fingerprint density at radius 1 is 1.60 bits per heavy atom. The van der Waals surface area contributed by atoms with Gasteiger partial charge in [-0.1, -0.05) is 6.92 Å². The molecule has 0 saturated heterocycles. The molecule has 0 atom stereocenters. The van der Waals surface area contributed by atoms with Crippen LogP contribution in [0.4, 0.5) is 0 Å². The van der Waals surface area contributed by atoms with E-state index in [1.54, 1.807) is 0 Å². The third kappa shape index (κ3) is 2.71. The molecule has 0 aliphatic carbocycles. The Hall–Kier alpha value is -2.02. The van der Waals surface area contributed by atoms with Crippen molar-refractivity contribution < 1.29 is 14.6 Å². The van der Waals surface area contributed by atoms with Crippen molar-refractivity contribution in [2.45, 2.75) is 13.3 Å². The number of benzene rings is 1. The minimum atomic E-state index is -1.08. The Bertz CT molecular complexity index is 407. The van der Waals surface area contributed by atoms with E-state index < -0.39 is 5.97 Å². The number of hydrogen-bond acceptors (Lipinski definition) is 3. The molecule has 0 saturated carbocycles. The van der Waals surface area contributed by atoms with Crippen molar-refractivity contribution >= 4 is 5.97 Å². The molecule has 0 radical (unpaired) electrons. The van der Waals surface area contributed by atoms with Crippen molar-refractivity contribution in [2.24, 2.45) is 0 Å². The quantitative estimate of drug-likeness (QED) is 0.816. The number of nitrogens with zero attached hydrogens (tertiary/aromatic N) is 1. The van der Waals surface area contributed by atoms with Gasteiger partial charge in [-0.25, -0.2) is 4.79 Å². The summed E-state index contributed by atoms with van der Waals surface area (Å²) in [5, 5.41) is 17.5. The van der Waals surface area contributed by atoms with Crippen LogP contribution in [0.1, 0.15) is 29.3 Å². The maximum Gasteiger partial charge on any atom is 0.339 e. The number of nitriles is 1. The summed E-state index contributed by atoms with van der Waals surface area (Å²) in [6, 6.07) is 6.25. The van der Waals surface area contributed by atoms with Gasteiger partial charge >= 0.3 is 5.97 Å². The number of rotatable bonds is 4. The van der Waals surface area contributed by atoms with E-state index in [9.17, 15) is 4.79 Å². The average Bonchev–Trinajstić information content (AvgIpc) is 2.26. The van der Waals surface area contributed by atoms with Gasteiger partial charge in [0.05, 0.1) is 18.2 Å². The molecule has 0 fully saturated rings. The summed E-state index contributed by atoms with van der Waals surface area (Å²) < 4.78 is 5.26. The first-order valence-corrected chi connectivity index (χ1v) is 4.59. The number of carboxylic acids is 1. The smallest absolute Gasteiger partial charge is 0.339 e. The van der Waals surface area contributed by atoms with E-state index in [1.807, 2.05) is 13.0 Å². The second-order valence-corrected chi connectivity index (χ2v) is 2.98. The largest absolute Gasteiger partial charge is 0.493 e. The van der Waals surface area contributed by atoms with Gasteiger partial charge in [-0.3, -0.25) is 0 Å². The van der Waals surface area contributed by atoms with Crippen molar-refractivity contribution in [3.8, 4) is 11.8 Å². The number of aromatic carboxylic acids is 1. The first kappa shape index (κ1) is 11.1. The average molecular weight is 205 g/mol. The van der Waals surface area contributed by atoms with Crippen molar-refractivity contribution in [2.75, 3.05) is 6.61 Å². The zero-order valence-electron chi connectivity index (χ0n) is 8.36. The molecular formula is C11H11NO3. The van der Waals surface area contributed by atoms with Gasteiger partial charge in [0.1, 0.15) is 11.3 Å². The Kier molecular flexibility index (Phi) is 3.69. The van der Waals surface area contributed by atoms with Crippen LogP contribution in [0.15, 0.2) is 18.2 Å². The molecule has 0 aliphatic rings. The van der Waals surface area contributed by atoms with Gasteiger partial charge in [0.15, 0.2) is 0 Å². The molecule has 1 N–H and O–H groups in total. The summed E-state index contributed by atoms with van der Waals surface area (Å²) in [7, 11) is 0. The lowest BCUT2D eigenvalue weighted by molar-refractivity contribution is 0.0692. The Morgan fingerprint density at radius 2 is 2.33 bits per heavy atom. The van der Waals surface area contributed by atoms with E-state index in [2.05, 4.69) is 0 Å². The van der Waals surface area contributed by atoms with Crippen molar-refractivity contribution in [3.05, 3.63) is 29.3 Å². The summed E-state index contributed by atoms with van der Waals surface area (Å²) in [5.74, 6) is -0.776. The fourth-order valence-electron chi connectivity index (χ4n) is 1.10. The number of carbonyl (C=O) groups is 1. The summed E-state index contributed by atoms with van der Waals surface area (Å²) in [5.41, 5.74) is 0.346. The minimum absolute atomic E-state index is 0.0301. The van der Waals surface area contributed by atoms with Crippen LogP contribution in [-0.2, 0) is 0 Å². The molecule has 0 amide bonds. The summed E-state index contributed by atoms with van der Waals surface area (Å²) in [6.45, 7) is 2.40. The SMILES string of the molecule is CCCOc1ccc(C#N)cc1C(=O)O. The second-order valence-electron chi connectivity index (χ2n) is 2.98. The van der Waals surface area contributed by atoms with E-state index in [-0.39, 0.29) is 5.56 Å². The molecular weight excluding hydrogens is 194 g/mol. The van der Waals surface area contributed by atoms with Crippen LogP contribution in [0.25, 0.3) is 0 Å². The van der Waals surface area contributed by atoms with Gasteiger partial charge in [-0.05, 0) is 24.6 Å². The summed E-state index contributed by atoms with van der Waals surface area (Å²) >= 11 is 0. The molecule has 78 valence electrons. The van der Waals surface area contributed by atoms with Gasteiger partial charge in [0.2, 0.25) is 0 Å². The predicted octanol–water partition coefficient (Wildman–Crippen LogP) is 2.05. The van der Waals surface area contributed by atoms with Crippen LogP contribution in [-0.4, -0.2) is 17.7 Å². The number of carboxylic acid groups (broad SMARTS) is 1. The third-order valence-corrected chi connectivity index (χ3v) is 1.80. The molecule has 1 aromatic carbocycles. The highest BCUT2D eigenvalue weighted by molar-refractivity contribution is 5.91. The van der Waals surface area contributed by atoms with Crippen molar-refractivity contribution in [1.29, 1.82) is 5.26 Å². The maximum absolute atomic E-state index is 10.9. The molecule has 1 rings (SSSR count). The molecule has 0 heterocycles. The molecule has 15 heavy (non-hydrogen) atoms. The standard InChI is InChI=1S/C11H11NO3/c1-2-5-15-10-4-3-8(7-12)6-9(10)11(13)14/h3-4,6H,2,5H2,1H3,(H,13,14). The van der Waals surface area contributed by atoms with Crippen LogP contribution in [0.5, 0.6) is 5.75 Å². The van der Waals surface area contributed by atoms with E-state index in [1.165, 1.54) is 18.2 Å². The Morgan fingerprint density at radius 3 is 2.87 bits per heavy atom. The predicted molar refractivity (Wildman–Crippen MR) is 53.9 cm³/mol. The zero-order valence-corrected chi connectivity index (χ0v) is 8.36. The van der Waals surface area contributed by atoms with E-state index in [0.29, 0.717) is 17.9 Å². The van der Waals surface area contributed by atoms with Crippen LogP contribution in [0.2, 0.25) is 0 Å². The highest BCUT2D eigenvalue weighted by Gasteiger charge is 2.11. The highest BCUT2D eigenvalue weighted by atomic mass is 16.5. The fraction of sp³-hybridized carbons (Fsp3) is 0.273. The Labute approximate surface area is 87.7 Å². The van der Waals surface area contributed by atoms with Gasteiger partial charge in [0, 0.05) is 0 Å².